The molecule has 0 saturated carbocycles. The lowest BCUT2D eigenvalue weighted by molar-refractivity contribution is 0.443. The molecule has 0 saturated heterocycles. The fourth-order valence-electron chi connectivity index (χ4n) is 0.584. The molecule has 0 amide bonds. The Balaban J connectivity index is 2.78. The van der Waals surface area contributed by atoms with Crippen LogP contribution in [0.3, 0.4) is 0 Å². The number of nitrogens with two attached hydrogens (primary N) is 1. The number of hydrogen-bond acceptors (Lipinski definition) is 3. The molecule has 3 heteroatoms. The lowest BCUT2D eigenvalue weighted by Crippen LogP contribution is -1.88. The van der Waals surface area contributed by atoms with E-state index in [0.717, 1.165) is 0 Å². The highest BCUT2D eigenvalue weighted by Crippen LogP contribution is 2.11. The molecule has 0 unspecified atom stereocenters. The molecule has 0 atom stereocenters. The van der Waals surface area contributed by atoms with Crippen molar-refractivity contribution in [2.24, 2.45) is 0 Å². The highest BCUT2D eigenvalue weighted by Gasteiger charge is 1.89. The molecular formula is C7H6NO2. The topological polar surface area (TPSA) is 52.3 Å². The molecule has 1 aromatic carbocycles. The van der Waals surface area contributed by atoms with E-state index in [0.29, 0.717) is 11.4 Å². The highest BCUT2D eigenvalue weighted by molar-refractivity contribution is 5.49. The maximum Gasteiger partial charge on any atom is 0.423 e. The molecule has 2 N–H and O–H groups in total. The minimum atomic E-state index is 0.448. The molecule has 0 aromatic heterocycles. The van der Waals surface area contributed by atoms with Crippen molar-refractivity contribution in [1.82, 2.24) is 0 Å². The minimum absolute atomic E-state index is 0.448. The predicted molar refractivity (Wildman–Crippen MR) is 37.2 cm³/mol. The summed E-state index contributed by atoms with van der Waals surface area (Å²) in [5.74, 6) is 0.448. The van der Waals surface area contributed by atoms with Gasteiger partial charge in [-0.3, -0.25) is 0 Å². The molecule has 0 fully saturated rings. The molecule has 10 heavy (non-hydrogen) atoms. The summed E-state index contributed by atoms with van der Waals surface area (Å²) in [6.07, 6.45) is 0. The van der Waals surface area contributed by atoms with E-state index in [-0.39, 0.29) is 0 Å². The molecule has 0 aliphatic carbocycles. The molecule has 3 nitrogen and oxygen atoms in total. The van der Waals surface area contributed by atoms with Crippen LogP contribution in [-0.2, 0) is 4.79 Å². The Hall–Kier alpha value is -1.51. The van der Waals surface area contributed by atoms with Gasteiger partial charge in [-0.15, -0.1) is 0 Å². The van der Waals surface area contributed by atoms with Crippen LogP contribution in [0.25, 0.3) is 0 Å². The maximum atomic E-state index is 9.68. The van der Waals surface area contributed by atoms with Crippen LogP contribution in [0.4, 0.5) is 5.69 Å². The Morgan fingerprint density at radius 1 is 1.30 bits per heavy atom. The van der Waals surface area contributed by atoms with Crippen LogP contribution in [0, 0.1) is 0 Å². The van der Waals surface area contributed by atoms with Crippen LogP contribution >= 0.6 is 0 Å². The summed E-state index contributed by atoms with van der Waals surface area (Å²) >= 11 is 0. The Morgan fingerprint density at radius 2 is 1.90 bits per heavy atom. The molecule has 0 aliphatic rings. The van der Waals surface area contributed by atoms with Crippen molar-refractivity contribution in [3.8, 4) is 5.75 Å². The summed E-state index contributed by atoms with van der Waals surface area (Å²) in [6.45, 7) is 1.31. The van der Waals surface area contributed by atoms with Gasteiger partial charge < -0.3 is 10.5 Å². The Bertz CT molecular complexity index is 218. The molecule has 51 valence electrons. The van der Waals surface area contributed by atoms with Crippen molar-refractivity contribution in [3.63, 3.8) is 0 Å². The van der Waals surface area contributed by atoms with Crippen LogP contribution in [0.5, 0.6) is 5.75 Å². The maximum absolute atomic E-state index is 9.68. The monoisotopic (exact) mass is 136 g/mol. The average molecular weight is 136 g/mol. The van der Waals surface area contributed by atoms with E-state index in [9.17, 15) is 4.79 Å². The van der Waals surface area contributed by atoms with Gasteiger partial charge in [0.2, 0.25) is 0 Å². The van der Waals surface area contributed by atoms with Crippen LogP contribution < -0.4 is 10.5 Å². The van der Waals surface area contributed by atoms with Crippen LogP contribution in [0.2, 0.25) is 0 Å². The van der Waals surface area contributed by atoms with E-state index >= 15 is 0 Å². The summed E-state index contributed by atoms with van der Waals surface area (Å²) < 4.78 is 4.40. The predicted octanol–water partition coefficient (Wildman–Crippen LogP) is 0.715. The lowest BCUT2D eigenvalue weighted by Gasteiger charge is -1.94. The quantitative estimate of drug-likeness (QED) is 0.609. The van der Waals surface area contributed by atoms with Crippen LogP contribution in [-0.4, -0.2) is 6.47 Å². The van der Waals surface area contributed by atoms with Gasteiger partial charge in [0.15, 0.2) is 0 Å². The van der Waals surface area contributed by atoms with Gasteiger partial charge in [-0.05, 0) is 24.3 Å². The van der Waals surface area contributed by atoms with Crippen molar-refractivity contribution >= 4 is 12.2 Å². The fraction of sp³-hybridized carbons (Fsp3) is 0. The minimum Gasteiger partial charge on any atom is -0.418 e. The zero-order valence-corrected chi connectivity index (χ0v) is 5.20. The normalized spacial score (nSPS) is 8.80. The number of hydrogen-bond donors (Lipinski definition) is 1. The van der Waals surface area contributed by atoms with E-state index in [1.807, 2.05) is 0 Å². The first-order valence-electron chi connectivity index (χ1n) is 2.72. The Kier molecular flexibility index (Phi) is 1.89. The van der Waals surface area contributed by atoms with Gasteiger partial charge in [0, 0.05) is 5.69 Å². The van der Waals surface area contributed by atoms with E-state index < -0.39 is 0 Å². The summed E-state index contributed by atoms with van der Waals surface area (Å²) in [4.78, 5) is 9.68. The molecule has 1 aromatic rings. The van der Waals surface area contributed by atoms with Gasteiger partial charge in [0.05, 0.1) is 0 Å². The van der Waals surface area contributed by atoms with Crippen molar-refractivity contribution in [1.29, 1.82) is 0 Å². The molecule has 0 spiro atoms. The second kappa shape index (κ2) is 2.87. The molecule has 0 bridgehead atoms. The van der Waals surface area contributed by atoms with Gasteiger partial charge in [-0.2, -0.15) is 0 Å². The molecule has 1 radical (unpaired) electrons. The third-order valence-electron chi connectivity index (χ3n) is 1.04. The largest absolute Gasteiger partial charge is 0.423 e. The summed E-state index contributed by atoms with van der Waals surface area (Å²) in [7, 11) is 0. The zero-order chi connectivity index (χ0) is 7.40. The summed E-state index contributed by atoms with van der Waals surface area (Å²) in [5, 5.41) is 0. The highest BCUT2D eigenvalue weighted by atomic mass is 16.5. The van der Waals surface area contributed by atoms with E-state index in [2.05, 4.69) is 4.74 Å². The van der Waals surface area contributed by atoms with E-state index in [4.69, 9.17) is 5.73 Å². The second-order valence-electron chi connectivity index (χ2n) is 1.75. The first-order valence-corrected chi connectivity index (χ1v) is 2.72. The number of anilines is 1. The Morgan fingerprint density at radius 3 is 2.40 bits per heavy atom. The number of ether oxygens (including phenoxy) is 1. The van der Waals surface area contributed by atoms with E-state index in [1.54, 1.807) is 24.3 Å². The second-order valence-corrected chi connectivity index (χ2v) is 1.75. The van der Waals surface area contributed by atoms with Gasteiger partial charge in [-0.25, -0.2) is 4.79 Å². The third kappa shape index (κ3) is 1.48. The standard InChI is InChI=1S/C7H6NO2/c8-6-1-3-7(4-2-6)10-5-9/h1-4H,8H2. The molecule has 1 rings (SSSR count). The first-order chi connectivity index (χ1) is 4.83. The number of nitrogen functional groups attached to an aromatic ring is 1. The van der Waals surface area contributed by atoms with Gasteiger partial charge in [0.1, 0.15) is 5.75 Å². The molecule has 0 aliphatic heterocycles. The van der Waals surface area contributed by atoms with Crippen LogP contribution in [0.15, 0.2) is 24.3 Å². The lowest BCUT2D eigenvalue weighted by atomic mass is 10.3. The summed E-state index contributed by atoms with van der Waals surface area (Å²) in [6, 6.07) is 6.49. The molecular weight excluding hydrogens is 130 g/mol. The first kappa shape index (κ1) is 6.61. The Labute approximate surface area is 58.4 Å². The smallest absolute Gasteiger partial charge is 0.418 e. The van der Waals surface area contributed by atoms with Crippen molar-refractivity contribution < 1.29 is 9.53 Å². The zero-order valence-electron chi connectivity index (χ0n) is 5.20. The van der Waals surface area contributed by atoms with Gasteiger partial charge in [-0.1, -0.05) is 0 Å². The third-order valence-corrected chi connectivity index (χ3v) is 1.04. The summed E-state index contributed by atoms with van der Waals surface area (Å²) in [5.41, 5.74) is 6.01. The van der Waals surface area contributed by atoms with Gasteiger partial charge >= 0.3 is 6.47 Å². The van der Waals surface area contributed by atoms with Crippen LogP contribution in [0.1, 0.15) is 0 Å². The average Bonchev–Trinajstić information content (AvgIpc) is 1.95. The van der Waals surface area contributed by atoms with E-state index in [1.165, 1.54) is 6.47 Å². The number of carbonyl (C=O) groups excluding carboxylic acids is 1. The van der Waals surface area contributed by atoms with Crippen molar-refractivity contribution in [3.05, 3.63) is 24.3 Å². The van der Waals surface area contributed by atoms with Gasteiger partial charge in [0.25, 0.3) is 0 Å². The van der Waals surface area contributed by atoms with Crippen molar-refractivity contribution in [2.75, 3.05) is 5.73 Å². The fourth-order valence-corrected chi connectivity index (χ4v) is 0.584. The number of rotatable bonds is 2. The SMILES string of the molecule is Nc1ccc(O[C]=O)cc1. The molecule has 0 heterocycles. The number of benzene rings is 1. The van der Waals surface area contributed by atoms with Crippen molar-refractivity contribution in [2.45, 2.75) is 0 Å².